The van der Waals surface area contributed by atoms with Crippen molar-refractivity contribution in [2.75, 3.05) is 33.0 Å². The maximum Gasteiger partial charge on any atom is 0.252 e. The molecule has 3 rings (SSSR count). The predicted octanol–water partition coefficient (Wildman–Crippen LogP) is 2.08. The van der Waals surface area contributed by atoms with E-state index in [1.54, 1.807) is 0 Å². The average Bonchev–Trinajstić information content (AvgIpc) is 3.03. The van der Waals surface area contributed by atoms with E-state index in [4.69, 9.17) is 9.47 Å². The van der Waals surface area contributed by atoms with Crippen LogP contribution in [0.4, 0.5) is 0 Å². The van der Waals surface area contributed by atoms with Crippen molar-refractivity contribution in [3.8, 4) is 11.5 Å². The van der Waals surface area contributed by atoms with Crippen LogP contribution >= 0.6 is 0 Å². The first kappa shape index (κ1) is 16.8. The lowest BCUT2D eigenvalue weighted by Crippen LogP contribution is -2.28. The highest BCUT2D eigenvalue weighted by molar-refractivity contribution is 5.83. The molecule has 0 spiro atoms. The second kappa shape index (κ2) is 7.68. The van der Waals surface area contributed by atoms with Crippen molar-refractivity contribution >= 4 is 10.9 Å². The van der Waals surface area contributed by atoms with Gasteiger partial charge in [0, 0.05) is 23.6 Å². The van der Waals surface area contributed by atoms with Gasteiger partial charge in [-0.1, -0.05) is 13.8 Å². The summed E-state index contributed by atoms with van der Waals surface area (Å²) >= 11 is 0. The fourth-order valence-corrected chi connectivity index (χ4v) is 2.96. The molecule has 1 aliphatic rings. The number of fused-ring (bicyclic) bond motifs is 2. The zero-order valence-electron chi connectivity index (χ0n) is 14.4. The molecular weight excluding hydrogens is 306 g/mol. The smallest absolute Gasteiger partial charge is 0.252 e. The number of ether oxygens (including phenoxy) is 2. The van der Waals surface area contributed by atoms with E-state index in [9.17, 15) is 4.79 Å². The molecule has 0 aliphatic carbocycles. The van der Waals surface area contributed by atoms with Crippen molar-refractivity contribution < 1.29 is 9.47 Å². The Labute approximate surface area is 141 Å². The Bertz CT molecular complexity index is 753. The quantitative estimate of drug-likeness (QED) is 0.725. The Morgan fingerprint density at radius 2 is 1.92 bits per heavy atom. The van der Waals surface area contributed by atoms with Crippen molar-refractivity contribution in [3.63, 3.8) is 0 Å². The van der Waals surface area contributed by atoms with Crippen LogP contribution in [0, 0.1) is 0 Å². The van der Waals surface area contributed by atoms with Crippen LogP contribution < -0.4 is 20.3 Å². The molecule has 6 nitrogen and oxygen atoms in total. The predicted molar refractivity (Wildman–Crippen MR) is 94.8 cm³/mol. The summed E-state index contributed by atoms with van der Waals surface area (Å²) in [7, 11) is 0. The summed E-state index contributed by atoms with van der Waals surface area (Å²) in [5.74, 6) is 1.41. The number of nitrogens with zero attached hydrogens (tertiary/aromatic N) is 1. The third-order valence-electron chi connectivity index (χ3n) is 4.45. The highest BCUT2D eigenvalue weighted by Crippen LogP contribution is 2.35. The molecular formula is C18H25N3O3. The minimum atomic E-state index is -0.0578. The van der Waals surface area contributed by atoms with Gasteiger partial charge in [-0.05, 0) is 44.7 Å². The summed E-state index contributed by atoms with van der Waals surface area (Å²) in [5.41, 5.74) is 1.45. The molecule has 2 heterocycles. The van der Waals surface area contributed by atoms with Crippen LogP contribution in [0.25, 0.3) is 10.9 Å². The Hall–Kier alpha value is -2.05. The maximum atomic E-state index is 12.2. The largest absolute Gasteiger partial charge is 0.454 e. The molecule has 0 unspecified atom stereocenters. The Balaban J connectivity index is 1.61. The van der Waals surface area contributed by atoms with E-state index >= 15 is 0 Å². The van der Waals surface area contributed by atoms with Gasteiger partial charge in [0.25, 0.3) is 5.56 Å². The third-order valence-corrected chi connectivity index (χ3v) is 4.45. The van der Waals surface area contributed by atoms with Crippen molar-refractivity contribution in [2.24, 2.45) is 0 Å². The van der Waals surface area contributed by atoms with E-state index in [2.05, 4.69) is 29.0 Å². The molecule has 0 amide bonds. The van der Waals surface area contributed by atoms with Gasteiger partial charge in [-0.3, -0.25) is 4.79 Å². The number of nitrogens with one attached hydrogen (secondary N) is 2. The Morgan fingerprint density at radius 1 is 1.17 bits per heavy atom. The molecule has 6 heteroatoms. The van der Waals surface area contributed by atoms with Gasteiger partial charge in [0.15, 0.2) is 11.5 Å². The second-order valence-corrected chi connectivity index (χ2v) is 5.97. The van der Waals surface area contributed by atoms with Gasteiger partial charge in [-0.25, -0.2) is 0 Å². The Kier molecular flexibility index (Phi) is 5.37. The molecule has 0 radical (unpaired) electrons. The van der Waals surface area contributed by atoms with E-state index in [0.29, 0.717) is 12.3 Å². The summed E-state index contributed by atoms with van der Waals surface area (Å²) in [5, 5.41) is 4.32. The third kappa shape index (κ3) is 3.71. The number of aromatic nitrogens is 1. The molecule has 24 heavy (non-hydrogen) atoms. The first-order valence-corrected chi connectivity index (χ1v) is 8.60. The van der Waals surface area contributed by atoms with Crippen LogP contribution in [-0.2, 0) is 6.54 Å². The monoisotopic (exact) mass is 331 g/mol. The average molecular weight is 331 g/mol. The second-order valence-electron chi connectivity index (χ2n) is 5.97. The summed E-state index contributed by atoms with van der Waals surface area (Å²) < 4.78 is 10.7. The minimum Gasteiger partial charge on any atom is -0.454 e. The fraction of sp³-hybridized carbons (Fsp3) is 0.500. The number of pyridine rings is 1. The highest BCUT2D eigenvalue weighted by atomic mass is 16.7. The molecule has 0 fully saturated rings. The van der Waals surface area contributed by atoms with E-state index in [1.807, 2.05) is 18.2 Å². The number of benzene rings is 1. The molecule has 1 aromatic carbocycles. The van der Waals surface area contributed by atoms with Crippen molar-refractivity contribution in [3.05, 3.63) is 34.1 Å². The van der Waals surface area contributed by atoms with Gasteiger partial charge < -0.3 is 24.7 Å². The summed E-state index contributed by atoms with van der Waals surface area (Å²) in [6, 6.07) is 5.66. The molecule has 0 bridgehead atoms. The van der Waals surface area contributed by atoms with Gasteiger partial charge in [0.2, 0.25) is 6.79 Å². The maximum absolute atomic E-state index is 12.2. The van der Waals surface area contributed by atoms with Crippen LogP contribution in [0.3, 0.4) is 0 Å². The molecule has 1 aromatic heterocycles. The van der Waals surface area contributed by atoms with Crippen molar-refractivity contribution in [2.45, 2.75) is 26.8 Å². The molecule has 2 aromatic rings. The normalized spacial score (nSPS) is 13.1. The summed E-state index contributed by atoms with van der Waals surface area (Å²) in [6.07, 6.45) is 1.08. The molecule has 0 saturated carbocycles. The number of rotatable bonds is 8. The van der Waals surface area contributed by atoms with E-state index in [1.165, 1.54) is 0 Å². The van der Waals surface area contributed by atoms with Crippen LogP contribution in [0.1, 0.15) is 25.8 Å². The lowest BCUT2D eigenvalue weighted by molar-refractivity contribution is 0.174. The molecule has 2 N–H and O–H groups in total. The lowest BCUT2D eigenvalue weighted by Gasteiger charge is -2.17. The van der Waals surface area contributed by atoms with E-state index < -0.39 is 0 Å². The van der Waals surface area contributed by atoms with Crippen molar-refractivity contribution in [1.82, 2.24) is 15.2 Å². The first-order chi connectivity index (χ1) is 11.7. The van der Waals surface area contributed by atoms with Crippen LogP contribution in [-0.4, -0.2) is 42.9 Å². The number of H-pyrrole nitrogens is 1. The highest BCUT2D eigenvalue weighted by Gasteiger charge is 2.15. The van der Waals surface area contributed by atoms with Crippen molar-refractivity contribution in [1.29, 1.82) is 0 Å². The number of hydrogen-bond acceptors (Lipinski definition) is 5. The molecule has 0 saturated heterocycles. The number of aromatic amines is 1. The van der Waals surface area contributed by atoms with Crippen LogP contribution in [0.15, 0.2) is 23.0 Å². The topological polar surface area (TPSA) is 66.6 Å². The van der Waals surface area contributed by atoms with Gasteiger partial charge in [-0.2, -0.15) is 0 Å². The minimum absolute atomic E-state index is 0.0578. The van der Waals surface area contributed by atoms with Gasteiger partial charge in [0.05, 0.1) is 5.52 Å². The van der Waals surface area contributed by atoms with Gasteiger partial charge in [0.1, 0.15) is 0 Å². The van der Waals surface area contributed by atoms with Crippen LogP contribution in [0.2, 0.25) is 0 Å². The standard InChI is InChI=1S/C18H25N3O3/c1-3-21(4-2)7-5-6-19-11-14-8-13-9-16-17(24-12-23-16)10-15(13)20-18(14)22/h8-10,19H,3-7,11-12H2,1-2H3,(H,20,22). The van der Waals surface area contributed by atoms with Gasteiger partial charge in [-0.15, -0.1) is 0 Å². The first-order valence-electron chi connectivity index (χ1n) is 8.60. The van der Waals surface area contributed by atoms with Crippen LogP contribution in [0.5, 0.6) is 11.5 Å². The Morgan fingerprint density at radius 3 is 2.67 bits per heavy atom. The number of hydrogen-bond donors (Lipinski definition) is 2. The molecule has 0 atom stereocenters. The van der Waals surface area contributed by atoms with E-state index in [0.717, 1.165) is 54.8 Å². The molecule has 1 aliphatic heterocycles. The summed E-state index contributed by atoms with van der Waals surface area (Å²) in [4.78, 5) is 17.5. The van der Waals surface area contributed by atoms with Gasteiger partial charge >= 0.3 is 0 Å². The molecule has 130 valence electrons. The van der Waals surface area contributed by atoms with E-state index in [-0.39, 0.29) is 12.4 Å². The zero-order chi connectivity index (χ0) is 16.9. The lowest BCUT2D eigenvalue weighted by atomic mass is 10.1. The fourth-order valence-electron chi connectivity index (χ4n) is 2.96. The zero-order valence-corrected chi connectivity index (χ0v) is 14.4. The summed E-state index contributed by atoms with van der Waals surface area (Å²) in [6.45, 7) is 9.30. The SMILES string of the molecule is CCN(CC)CCCNCc1cc2cc3c(cc2[nH]c1=O)OCO3.